The van der Waals surface area contributed by atoms with Gasteiger partial charge in [-0.3, -0.25) is 14.6 Å². The summed E-state index contributed by atoms with van der Waals surface area (Å²) in [6.07, 6.45) is 1.37. The normalized spacial score (nSPS) is 13.0. The summed E-state index contributed by atoms with van der Waals surface area (Å²) in [7, 11) is 5.12. The molecule has 2 radical (unpaired) electrons. The van der Waals surface area contributed by atoms with Crippen molar-refractivity contribution in [3.05, 3.63) is 28.2 Å². The van der Waals surface area contributed by atoms with E-state index < -0.39 is 0 Å². The lowest BCUT2D eigenvalue weighted by Gasteiger charge is -2.13. The maximum atomic E-state index is 12.2. The molecule has 0 atom stereocenters. The van der Waals surface area contributed by atoms with E-state index in [0.29, 0.717) is 94.6 Å². The zero-order valence-electron chi connectivity index (χ0n) is 20.8. The van der Waals surface area contributed by atoms with Crippen LogP contribution in [0.25, 0.3) is 0 Å². The van der Waals surface area contributed by atoms with Crippen LogP contribution < -0.4 is 20.9 Å². The lowest BCUT2D eigenvalue weighted by molar-refractivity contribution is -0.126. The minimum atomic E-state index is -0.244. The maximum Gasteiger partial charge on any atom is 0.245 e. The van der Waals surface area contributed by atoms with Gasteiger partial charge in [0.1, 0.15) is 12.4 Å². The molecule has 1 aromatic carbocycles. The Labute approximate surface area is 228 Å². The number of hydrazone groups is 1. The lowest BCUT2D eigenvalue weighted by Crippen LogP contribution is -2.32. The summed E-state index contributed by atoms with van der Waals surface area (Å²) >= 11 is 12.0. The molecule has 0 unspecified atom stereocenters. The Balaban J connectivity index is 1.42. The smallest absolute Gasteiger partial charge is 0.245 e. The van der Waals surface area contributed by atoms with Gasteiger partial charge in [0.15, 0.2) is 7.98 Å². The molecule has 0 aliphatic carbocycles. The van der Waals surface area contributed by atoms with Gasteiger partial charge in [-0.15, -0.1) is 0 Å². The molecule has 11 nitrogen and oxygen atoms in total. The number of amides is 2. The minimum Gasteiger partial charge on any atom is -0.378 e. The molecular formula is C23H34BCl2N5O6. The van der Waals surface area contributed by atoms with E-state index in [9.17, 15) is 9.59 Å². The number of carbonyl (C=O) groups excluding carboxylic acids is 2. The van der Waals surface area contributed by atoms with Gasteiger partial charge in [-0.25, -0.2) is 0 Å². The number of hydrogen-bond donors (Lipinski definition) is 3. The van der Waals surface area contributed by atoms with Crippen molar-refractivity contribution in [2.45, 2.75) is 19.3 Å². The highest BCUT2D eigenvalue weighted by Crippen LogP contribution is 2.28. The van der Waals surface area contributed by atoms with Gasteiger partial charge >= 0.3 is 0 Å². The number of nitrogens with one attached hydrogen (secondary N) is 3. The van der Waals surface area contributed by atoms with Crippen molar-refractivity contribution in [1.82, 2.24) is 15.9 Å². The van der Waals surface area contributed by atoms with Crippen molar-refractivity contribution in [1.29, 1.82) is 0 Å². The largest absolute Gasteiger partial charge is 0.378 e. The molecule has 0 aromatic heterocycles. The molecule has 37 heavy (non-hydrogen) atoms. The van der Waals surface area contributed by atoms with Gasteiger partial charge in [-0.2, -0.15) is 5.10 Å². The molecule has 1 aromatic rings. The van der Waals surface area contributed by atoms with E-state index in [4.69, 9.17) is 50.1 Å². The first-order chi connectivity index (χ1) is 18.0. The molecule has 0 saturated carbocycles. The predicted octanol–water partition coefficient (Wildman–Crippen LogP) is 1.27. The van der Waals surface area contributed by atoms with Crippen LogP contribution in [0.3, 0.4) is 0 Å². The number of hydrogen-bond acceptors (Lipinski definition) is 9. The molecular weight excluding hydrogens is 524 g/mol. The van der Waals surface area contributed by atoms with Crippen molar-refractivity contribution < 1.29 is 28.5 Å². The minimum absolute atomic E-state index is 0.0671. The molecule has 1 aliphatic rings. The van der Waals surface area contributed by atoms with Gasteiger partial charge in [-0.1, -0.05) is 23.2 Å². The van der Waals surface area contributed by atoms with Crippen molar-refractivity contribution in [2.75, 3.05) is 77.5 Å². The van der Waals surface area contributed by atoms with Crippen LogP contribution in [-0.4, -0.2) is 98.1 Å². The third kappa shape index (κ3) is 14.0. The van der Waals surface area contributed by atoms with E-state index in [-0.39, 0.29) is 24.8 Å². The van der Waals surface area contributed by atoms with Crippen LogP contribution in [0.15, 0.2) is 23.3 Å². The predicted molar refractivity (Wildman–Crippen MR) is 143 cm³/mol. The number of ether oxygens (including phenoxy) is 4. The quantitative estimate of drug-likeness (QED) is 0.172. The molecule has 3 N–H and O–H groups in total. The maximum absolute atomic E-state index is 12.2. The summed E-state index contributed by atoms with van der Waals surface area (Å²) in [5, 5.41) is 15.1. The van der Waals surface area contributed by atoms with Crippen molar-refractivity contribution in [2.24, 2.45) is 5.10 Å². The van der Waals surface area contributed by atoms with E-state index in [1.807, 2.05) is 6.07 Å². The van der Waals surface area contributed by atoms with Gasteiger partial charge in [0.25, 0.3) is 0 Å². The van der Waals surface area contributed by atoms with Gasteiger partial charge < -0.3 is 34.8 Å². The van der Waals surface area contributed by atoms with Crippen molar-refractivity contribution in [3.8, 4) is 0 Å². The average Bonchev–Trinajstić information content (AvgIpc) is 3.34. The zero-order chi connectivity index (χ0) is 26.7. The SMILES string of the molecule is [B]NCCOCCOCCOCCOCC(=O)NCCCC(=O)NC1=NN(c2ccc(Cl)c(Cl)c2)CC1. The second-order valence-corrected chi connectivity index (χ2v) is 8.68. The first-order valence-electron chi connectivity index (χ1n) is 12.1. The van der Waals surface area contributed by atoms with Crippen molar-refractivity contribution in [3.63, 3.8) is 0 Å². The highest BCUT2D eigenvalue weighted by Gasteiger charge is 2.18. The summed E-state index contributed by atoms with van der Waals surface area (Å²) in [4.78, 5) is 24.0. The molecule has 0 fully saturated rings. The first kappa shape index (κ1) is 31.3. The number of anilines is 1. The Hall–Kier alpha value is -1.93. The number of halogens is 2. The van der Waals surface area contributed by atoms with Crippen LogP contribution >= 0.6 is 23.2 Å². The van der Waals surface area contributed by atoms with E-state index in [0.717, 1.165) is 5.69 Å². The highest BCUT2D eigenvalue weighted by molar-refractivity contribution is 6.42. The summed E-state index contributed by atoms with van der Waals surface area (Å²) in [5.41, 5.74) is 0.804. The van der Waals surface area contributed by atoms with Gasteiger partial charge in [0, 0.05) is 32.5 Å². The third-order valence-corrected chi connectivity index (χ3v) is 5.67. The summed E-state index contributed by atoms with van der Waals surface area (Å²) in [5.74, 6) is 0.191. The Kier molecular flexibility index (Phi) is 16.2. The summed E-state index contributed by atoms with van der Waals surface area (Å²) in [6.45, 7) is 4.60. The fourth-order valence-corrected chi connectivity index (χ4v) is 3.38. The number of rotatable bonds is 19. The molecule has 0 bridgehead atoms. The molecule has 2 amide bonds. The number of amidine groups is 1. The Bertz CT molecular complexity index is 867. The van der Waals surface area contributed by atoms with Crippen LogP contribution in [0.1, 0.15) is 19.3 Å². The van der Waals surface area contributed by atoms with Crippen LogP contribution in [0.5, 0.6) is 0 Å². The Morgan fingerprint density at radius 1 is 0.919 bits per heavy atom. The Morgan fingerprint density at radius 3 is 2.27 bits per heavy atom. The highest BCUT2D eigenvalue weighted by atomic mass is 35.5. The van der Waals surface area contributed by atoms with Crippen LogP contribution in [0, 0.1) is 0 Å². The molecule has 0 spiro atoms. The van der Waals surface area contributed by atoms with Gasteiger partial charge in [-0.05, 0) is 24.6 Å². The first-order valence-corrected chi connectivity index (χ1v) is 12.9. The summed E-state index contributed by atoms with van der Waals surface area (Å²) in [6, 6.07) is 5.26. The van der Waals surface area contributed by atoms with E-state index in [1.165, 1.54) is 0 Å². The van der Waals surface area contributed by atoms with E-state index >= 15 is 0 Å². The molecule has 204 valence electrons. The average molecular weight is 558 g/mol. The van der Waals surface area contributed by atoms with Crippen molar-refractivity contribution >= 4 is 54.5 Å². The summed E-state index contributed by atoms with van der Waals surface area (Å²) < 4.78 is 21.2. The lowest BCUT2D eigenvalue weighted by atomic mass is 10.3. The van der Waals surface area contributed by atoms with Crippen LogP contribution in [-0.2, 0) is 28.5 Å². The second-order valence-electron chi connectivity index (χ2n) is 7.86. The number of benzene rings is 1. The number of carbonyl (C=O) groups is 2. The van der Waals surface area contributed by atoms with Gasteiger partial charge in [0.05, 0.1) is 62.0 Å². The van der Waals surface area contributed by atoms with E-state index in [1.54, 1.807) is 17.1 Å². The topological polar surface area (TPSA) is 123 Å². The molecule has 1 aliphatic heterocycles. The second kappa shape index (κ2) is 19.2. The molecule has 2 rings (SSSR count). The fourth-order valence-electron chi connectivity index (χ4n) is 3.08. The zero-order valence-corrected chi connectivity index (χ0v) is 22.3. The molecule has 14 heteroatoms. The standard InChI is InChI=1S/C23H34BCl2N5O6/c24-28-7-9-34-10-11-35-12-13-36-14-15-37-17-23(33)27-6-1-2-22(32)29-21-5-8-31(30-21)18-3-4-19(25)20(26)16-18/h3-4,16,28H,1-2,5-15,17H2,(H,27,33)(H,29,30,32). The number of nitrogens with zero attached hydrogens (tertiary/aromatic N) is 2. The third-order valence-electron chi connectivity index (χ3n) is 4.93. The van der Waals surface area contributed by atoms with E-state index in [2.05, 4.69) is 21.0 Å². The Morgan fingerprint density at radius 2 is 1.59 bits per heavy atom. The monoisotopic (exact) mass is 557 g/mol. The van der Waals surface area contributed by atoms with Crippen LogP contribution in [0.2, 0.25) is 10.0 Å². The van der Waals surface area contributed by atoms with Gasteiger partial charge in [0.2, 0.25) is 11.8 Å². The fraction of sp³-hybridized carbons (Fsp3) is 0.609. The molecule has 1 heterocycles. The molecule has 0 saturated heterocycles. The van der Waals surface area contributed by atoms with Crippen LogP contribution in [0.4, 0.5) is 5.69 Å².